The predicted octanol–water partition coefficient (Wildman–Crippen LogP) is 4.19. The Morgan fingerprint density at radius 3 is 2.43 bits per heavy atom. The Labute approximate surface area is 141 Å². The van der Waals surface area contributed by atoms with Gasteiger partial charge in [-0.2, -0.15) is 0 Å². The second kappa shape index (κ2) is 12.7. The van der Waals surface area contributed by atoms with Gasteiger partial charge in [-0.25, -0.2) is 0 Å². The van der Waals surface area contributed by atoms with Crippen LogP contribution in [0.15, 0.2) is 42.8 Å². The summed E-state index contributed by atoms with van der Waals surface area (Å²) in [5.74, 6) is 0.0324. The number of nitrogens with one attached hydrogen (secondary N) is 1. The van der Waals surface area contributed by atoms with Crippen LogP contribution in [0, 0.1) is 13.8 Å². The molecule has 1 aromatic carbocycles. The summed E-state index contributed by atoms with van der Waals surface area (Å²) in [5.41, 5.74) is 10.5. The summed E-state index contributed by atoms with van der Waals surface area (Å²) in [4.78, 5) is 9.69. The Kier molecular flexibility index (Phi) is 11.6. The van der Waals surface area contributed by atoms with Gasteiger partial charge in [-0.1, -0.05) is 35.9 Å². The number of hydrogen-bond donors (Lipinski definition) is 2. The van der Waals surface area contributed by atoms with Crippen LogP contribution in [0.3, 0.4) is 0 Å². The highest BCUT2D eigenvalue weighted by atomic mass is 16.1. The lowest BCUT2D eigenvalue weighted by molar-refractivity contribution is -0.115. The fraction of sp³-hybridized carbons (Fsp3) is 0.450. The molecule has 1 rings (SSSR count). The monoisotopic (exact) mass is 316 g/mol. The molecule has 23 heavy (non-hydrogen) atoms. The molecular weight excluding hydrogens is 284 g/mol. The third-order valence-corrected chi connectivity index (χ3v) is 3.50. The second-order valence-corrected chi connectivity index (χ2v) is 5.90. The van der Waals surface area contributed by atoms with Gasteiger partial charge in [0.15, 0.2) is 0 Å². The first-order valence-corrected chi connectivity index (χ1v) is 8.19. The first-order valence-electron chi connectivity index (χ1n) is 8.19. The number of carbonyl (C=O) groups excluding carboxylic acids is 1. The summed E-state index contributed by atoms with van der Waals surface area (Å²) < 4.78 is 0. The number of nitrogens with two attached hydrogens (primary N) is 1. The zero-order valence-electron chi connectivity index (χ0n) is 15.1. The molecule has 3 N–H and O–H groups in total. The molecule has 0 aliphatic rings. The number of ketones is 1. The van der Waals surface area contributed by atoms with Crippen LogP contribution < -0.4 is 11.1 Å². The molecule has 0 saturated carbocycles. The van der Waals surface area contributed by atoms with E-state index in [1.807, 2.05) is 6.20 Å². The molecule has 3 nitrogen and oxygen atoms in total. The van der Waals surface area contributed by atoms with Gasteiger partial charge in [-0.3, -0.25) is 4.79 Å². The second-order valence-electron chi connectivity index (χ2n) is 5.90. The SMILES string of the molecule is C=CN/C=C(\C)CCCCc1ccc(C)cc1C.CC(=O)CN. The molecule has 0 saturated heterocycles. The van der Waals surface area contributed by atoms with Gasteiger partial charge in [0, 0.05) is 0 Å². The van der Waals surface area contributed by atoms with Crippen molar-refractivity contribution in [2.45, 2.75) is 53.4 Å². The third kappa shape index (κ3) is 11.4. The third-order valence-electron chi connectivity index (χ3n) is 3.50. The highest BCUT2D eigenvalue weighted by molar-refractivity contribution is 5.77. The molecule has 0 aliphatic heterocycles. The molecule has 0 aliphatic carbocycles. The molecule has 0 spiro atoms. The summed E-state index contributed by atoms with van der Waals surface area (Å²) in [6.45, 7) is 11.8. The Balaban J connectivity index is 0.000000841. The summed E-state index contributed by atoms with van der Waals surface area (Å²) in [7, 11) is 0. The zero-order valence-corrected chi connectivity index (χ0v) is 15.1. The van der Waals surface area contributed by atoms with Gasteiger partial charge in [0.2, 0.25) is 0 Å². The first-order chi connectivity index (χ1) is 10.9. The number of hydrogen-bond acceptors (Lipinski definition) is 3. The molecule has 0 bridgehead atoms. The minimum Gasteiger partial charge on any atom is -0.368 e. The van der Waals surface area contributed by atoms with E-state index in [-0.39, 0.29) is 12.3 Å². The fourth-order valence-corrected chi connectivity index (χ4v) is 2.12. The molecule has 0 unspecified atom stereocenters. The summed E-state index contributed by atoms with van der Waals surface area (Å²) >= 11 is 0. The lowest BCUT2D eigenvalue weighted by Gasteiger charge is -2.07. The van der Waals surface area contributed by atoms with Crippen LogP contribution in [-0.4, -0.2) is 12.3 Å². The molecule has 128 valence electrons. The van der Waals surface area contributed by atoms with E-state index in [2.05, 4.69) is 50.9 Å². The van der Waals surface area contributed by atoms with Gasteiger partial charge in [-0.05, 0) is 76.9 Å². The summed E-state index contributed by atoms with van der Waals surface area (Å²) in [6.07, 6.45) is 8.58. The standard InChI is InChI=1S/C17H25N.C3H7NO/c1-5-18-13-15(3)8-6-7-9-17-11-10-14(2)12-16(17)4;1-3(5)2-4/h5,10-13,18H,1,6-9H2,2-4H3;2,4H2,1H3/b15-13+;. The number of Topliss-reactive ketones (excluding diaryl/α,β-unsaturated/α-hetero) is 1. The summed E-state index contributed by atoms with van der Waals surface area (Å²) in [5, 5.41) is 3.02. The van der Waals surface area contributed by atoms with E-state index in [1.165, 1.54) is 48.4 Å². The normalized spacial score (nSPS) is 10.6. The van der Waals surface area contributed by atoms with Gasteiger partial charge < -0.3 is 11.1 Å². The van der Waals surface area contributed by atoms with Gasteiger partial charge >= 0.3 is 0 Å². The summed E-state index contributed by atoms with van der Waals surface area (Å²) in [6, 6.07) is 6.75. The van der Waals surface area contributed by atoms with Crippen molar-refractivity contribution in [2.75, 3.05) is 6.54 Å². The molecule has 0 aromatic heterocycles. The number of allylic oxidation sites excluding steroid dienone is 1. The smallest absolute Gasteiger partial charge is 0.143 e. The highest BCUT2D eigenvalue weighted by Crippen LogP contribution is 2.15. The number of rotatable bonds is 8. The van der Waals surface area contributed by atoms with Crippen molar-refractivity contribution in [1.82, 2.24) is 5.32 Å². The maximum absolute atomic E-state index is 9.69. The molecule has 0 fully saturated rings. The van der Waals surface area contributed by atoms with E-state index in [0.717, 1.165) is 6.42 Å². The molecule has 0 amide bonds. The molecule has 1 aromatic rings. The lowest BCUT2D eigenvalue weighted by atomic mass is 9.99. The van der Waals surface area contributed by atoms with Crippen molar-refractivity contribution in [3.63, 3.8) is 0 Å². The van der Waals surface area contributed by atoms with Crippen LogP contribution in [0.1, 0.15) is 49.8 Å². The maximum Gasteiger partial charge on any atom is 0.143 e. The highest BCUT2D eigenvalue weighted by Gasteiger charge is 1.99. The van der Waals surface area contributed by atoms with Crippen molar-refractivity contribution in [2.24, 2.45) is 5.73 Å². The van der Waals surface area contributed by atoms with Crippen LogP contribution in [0.25, 0.3) is 0 Å². The van der Waals surface area contributed by atoms with Crippen LogP contribution in [0.4, 0.5) is 0 Å². The lowest BCUT2D eigenvalue weighted by Crippen LogP contribution is -2.07. The molecule has 0 atom stereocenters. The van der Waals surface area contributed by atoms with Crippen molar-refractivity contribution < 1.29 is 4.79 Å². The quantitative estimate of drug-likeness (QED) is 0.707. The number of aryl methyl sites for hydroxylation is 3. The van der Waals surface area contributed by atoms with E-state index in [0.29, 0.717) is 0 Å². The van der Waals surface area contributed by atoms with Crippen molar-refractivity contribution in [1.29, 1.82) is 0 Å². The molecule has 0 radical (unpaired) electrons. The van der Waals surface area contributed by atoms with Crippen molar-refractivity contribution in [3.05, 3.63) is 59.4 Å². The van der Waals surface area contributed by atoms with Crippen molar-refractivity contribution >= 4 is 5.78 Å². The van der Waals surface area contributed by atoms with Crippen LogP contribution >= 0.6 is 0 Å². The Morgan fingerprint density at radius 2 is 1.91 bits per heavy atom. The number of unbranched alkanes of at least 4 members (excludes halogenated alkanes) is 1. The minimum absolute atomic E-state index is 0.0324. The maximum atomic E-state index is 9.69. The van der Waals surface area contributed by atoms with Crippen molar-refractivity contribution in [3.8, 4) is 0 Å². The Morgan fingerprint density at radius 1 is 1.26 bits per heavy atom. The topological polar surface area (TPSA) is 55.1 Å². The molecular formula is C20H32N2O. The van der Waals surface area contributed by atoms with Gasteiger partial charge in [0.25, 0.3) is 0 Å². The molecule has 0 heterocycles. The van der Waals surface area contributed by atoms with Crippen LogP contribution in [-0.2, 0) is 11.2 Å². The van der Waals surface area contributed by atoms with Gasteiger partial charge in [0.1, 0.15) is 5.78 Å². The van der Waals surface area contributed by atoms with Crippen LogP contribution in [0.2, 0.25) is 0 Å². The average Bonchev–Trinajstić information content (AvgIpc) is 2.51. The van der Waals surface area contributed by atoms with Gasteiger partial charge in [-0.15, -0.1) is 0 Å². The Bertz CT molecular complexity index is 518. The largest absolute Gasteiger partial charge is 0.368 e. The van der Waals surface area contributed by atoms with Gasteiger partial charge in [0.05, 0.1) is 6.54 Å². The Hall–Kier alpha value is -1.87. The van der Waals surface area contributed by atoms with E-state index >= 15 is 0 Å². The number of carbonyl (C=O) groups is 1. The first kappa shape index (κ1) is 21.1. The minimum atomic E-state index is 0.0324. The van der Waals surface area contributed by atoms with E-state index in [1.54, 1.807) is 6.20 Å². The number of benzene rings is 1. The fourth-order valence-electron chi connectivity index (χ4n) is 2.12. The predicted molar refractivity (Wildman–Crippen MR) is 100 cm³/mol. The van der Waals surface area contributed by atoms with E-state index in [4.69, 9.17) is 5.73 Å². The van der Waals surface area contributed by atoms with E-state index in [9.17, 15) is 4.79 Å². The van der Waals surface area contributed by atoms with E-state index < -0.39 is 0 Å². The zero-order chi connectivity index (χ0) is 17.7. The van der Waals surface area contributed by atoms with Crippen LogP contribution in [0.5, 0.6) is 0 Å². The average molecular weight is 316 g/mol. The molecule has 3 heteroatoms.